The van der Waals surface area contributed by atoms with Gasteiger partial charge in [0.05, 0.1) is 11.0 Å². The summed E-state index contributed by atoms with van der Waals surface area (Å²) in [5, 5.41) is 1.20. The number of piperidine rings is 1. The van der Waals surface area contributed by atoms with Crippen molar-refractivity contribution in [1.82, 2.24) is 19.4 Å². The first-order valence-corrected chi connectivity index (χ1v) is 10.1. The van der Waals surface area contributed by atoms with Crippen LogP contribution in [0.4, 0.5) is 4.39 Å². The number of aromatic amines is 1. The molecule has 1 saturated heterocycles. The number of H-pyrrole nitrogens is 1. The van der Waals surface area contributed by atoms with Gasteiger partial charge in [0.25, 0.3) is 0 Å². The smallest absolute Gasteiger partial charge is 0.224 e. The van der Waals surface area contributed by atoms with E-state index >= 15 is 0 Å². The molecule has 0 spiro atoms. The molecule has 4 aromatic rings. The number of aromatic nitrogens is 3. The normalized spacial score (nSPS) is 15.4. The van der Waals surface area contributed by atoms with E-state index in [9.17, 15) is 9.18 Å². The van der Waals surface area contributed by atoms with Crippen LogP contribution in [0.15, 0.2) is 54.7 Å². The van der Waals surface area contributed by atoms with Crippen molar-refractivity contribution >= 4 is 27.8 Å². The number of rotatable bonds is 4. The lowest BCUT2D eigenvalue weighted by Gasteiger charge is -2.31. The van der Waals surface area contributed by atoms with Crippen LogP contribution in [0.3, 0.4) is 0 Å². The molecule has 0 bridgehead atoms. The molecule has 1 aliphatic heterocycles. The van der Waals surface area contributed by atoms with Gasteiger partial charge in [-0.3, -0.25) is 4.79 Å². The number of imidazole rings is 1. The van der Waals surface area contributed by atoms with Crippen molar-refractivity contribution in [2.24, 2.45) is 0 Å². The Morgan fingerprint density at radius 2 is 1.97 bits per heavy atom. The quantitative estimate of drug-likeness (QED) is 0.560. The summed E-state index contributed by atoms with van der Waals surface area (Å²) in [6.45, 7) is 2.17. The number of amides is 1. The average Bonchev–Trinajstić information content (AvgIpc) is 3.36. The number of carbonyl (C=O) groups is 1. The second kappa shape index (κ2) is 7.35. The van der Waals surface area contributed by atoms with Crippen LogP contribution in [0.5, 0.6) is 0 Å². The van der Waals surface area contributed by atoms with Crippen molar-refractivity contribution < 1.29 is 9.18 Å². The maximum Gasteiger partial charge on any atom is 0.224 e. The maximum atomic E-state index is 13.4. The third-order valence-electron chi connectivity index (χ3n) is 5.94. The van der Waals surface area contributed by atoms with Crippen molar-refractivity contribution in [3.63, 3.8) is 0 Å². The zero-order chi connectivity index (χ0) is 19.8. The Bertz CT molecular complexity index is 1170. The molecule has 2 aromatic heterocycles. The topological polar surface area (TPSA) is 53.9 Å². The van der Waals surface area contributed by atoms with Crippen LogP contribution in [-0.4, -0.2) is 38.4 Å². The summed E-state index contributed by atoms with van der Waals surface area (Å²) in [6, 6.07) is 14.9. The fraction of sp³-hybridized carbons (Fsp3) is 0.304. The number of nitrogens with one attached hydrogen (secondary N) is 1. The van der Waals surface area contributed by atoms with Crippen molar-refractivity contribution in [2.75, 3.05) is 13.1 Å². The highest BCUT2D eigenvalue weighted by molar-refractivity contribution is 5.80. The fourth-order valence-electron chi connectivity index (χ4n) is 4.31. The molecule has 1 fully saturated rings. The molecule has 6 heteroatoms. The number of aryl methyl sites for hydroxylation is 1. The molecule has 0 aliphatic carbocycles. The van der Waals surface area contributed by atoms with Crippen molar-refractivity contribution in [1.29, 1.82) is 0 Å². The Labute approximate surface area is 168 Å². The van der Waals surface area contributed by atoms with Gasteiger partial charge in [-0.25, -0.2) is 9.37 Å². The molecule has 5 rings (SSSR count). The van der Waals surface area contributed by atoms with Crippen LogP contribution in [-0.2, 0) is 11.3 Å². The number of hydrogen-bond donors (Lipinski definition) is 1. The molecule has 148 valence electrons. The standard InChI is InChI=1S/C23H23FN4O/c24-18-5-6-19-20(15-18)26-23(25-19)17-8-12-28(13-9-17)22(29)10-14-27-11-7-16-3-1-2-4-21(16)27/h1-7,11,15,17H,8-10,12-14H2,(H,25,26). The lowest BCUT2D eigenvalue weighted by atomic mass is 9.96. The highest BCUT2D eigenvalue weighted by Gasteiger charge is 2.25. The number of benzene rings is 2. The summed E-state index contributed by atoms with van der Waals surface area (Å²) in [5.41, 5.74) is 2.69. The number of carbonyl (C=O) groups excluding carboxylic acids is 1. The summed E-state index contributed by atoms with van der Waals surface area (Å²) in [6.07, 6.45) is 4.31. The van der Waals surface area contributed by atoms with Crippen LogP contribution in [0, 0.1) is 5.82 Å². The summed E-state index contributed by atoms with van der Waals surface area (Å²) < 4.78 is 15.5. The van der Waals surface area contributed by atoms with Crippen molar-refractivity contribution in [2.45, 2.75) is 31.7 Å². The Morgan fingerprint density at radius 3 is 2.83 bits per heavy atom. The van der Waals surface area contributed by atoms with E-state index in [0.29, 0.717) is 13.0 Å². The third-order valence-corrected chi connectivity index (χ3v) is 5.94. The van der Waals surface area contributed by atoms with Gasteiger partial charge in [0.15, 0.2) is 0 Å². The lowest BCUT2D eigenvalue weighted by molar-refractivity contribution is -0.132. The van der Waals surface area contributed by atoms with E-state index in [1.54, 1.807) is 6.07 Å². The molecule has 0 saturated carbocycles. The third kappa shape index (κ3) is 3.50. The lowest BCUT2D eigenvalue weighted by Crippen LogP contribution is -2.38. The van der Waals surface area contributed by atoms with E-state index in [1.807, 2.05) is 17.0 Å². The predicted octanol–water partition coefficient (Wildman–Crippen LogP) is 4.45. The van der Waals surface area contributed by atoms with Crippen LogP contribution in [0.2, 0.25) is 0 Å². The molecule has 29 heavy (non-hydrogen) atoms. The number of likely N-dealkylation sites (tertiary alicyclic amines) is 1. The molecule has 3 heterocycles. The summed E-state index contributed by atoms with van der Waals surface area (Å²) in [4.78, 5) is 22.5. The van der Waals surface area contributed by atoms with Gasteiger partial charge in [0.1, 0.15) is 11.6 Å². The molecule has 1 N–H and O–H groups in total. The van der Waals surface area contributed by atoms with E-state index in [-0.39, 0.29) is 17.6 Å². The molecule has 0 unspecified atom stereocenters. The SMILES string of the molecule is O=C(CCn1ccc2ccccc21)N1CCC(c2nc3ccc(F)cc3[nH]2)CC1. The number of hydrogen-bond acceptors (Lipinski definition) is 2. The van der Waals surface area contributed by atoms with Crippen LogP contribution < -0.4 is 0 Å². The van der Waals surface area contributed by atoms with Gasteiger partial charge < -0.3 is 14.5 Å². The number of para-hydroxylation sites is 1. The second-order valence-electron chi connectivity index (χ2n) is 7.76. The van der Waals surface area contributed by atoms with Crippen LogP contribution in [0.25, 0.3) is 21.9 Å². The first-order valence-electron chi connectivity index (χ1n) is 10.1. The summed E-state index contributed by atoms with van der Waals surface area (Å²) in [5.74, 6) is 1.12. The monoisotopic (exact) mass is 390 g/mol. The highest BCUT2D eigenvalue weighted by Crippen LogP contribution is 2.28. The number of nitrogens with zero attached hydrogens (tertiary/aromatic N) is 3. The van der Waals surface area contributed by atoms with Crippen LogP contribution in [0.1, 0.15) is 31.0 Å². The zero-order valence-electron chi connectivity index (χ0n) is 16.1. The van der Waals surface area contributed by atoms with Gasteiger partial charge in [-0.2, -0.15) is 0 Å². The van der Waals surface area contributed by atoms with Gasteiger partial charge in [-0.1, -0.05) is 18.2 Å². The minimum absolute atomic E-state index is 0.202. The Morgan fingerprint density at radius 1 is 1.14 bits per heavy atom. The van der Waals surface area contributed by atoms with E-state index in [2.05, 4.69) is 38.9 Å². The zero-order valence-corrected chi connectivity index (χ0v) is 16.1. The minimum Gasteiger partial charge on any atom is -0.347 e. The molecule has 1 amide bonds. The predicted molar refractivity (Wildman–Crippen MR) is 111 cm³/mol. The van der Waals surface area contributed by atoms with Crippen LogP contribution >= 0.6 is 0 Å². The number of halogens is 1. The average molecular weight is 390 g/mol. The van der Waals surface area contributed by atoms with Crippen molar-refractivity contribution in [3.05, 3.63) is 66.4 Å². The van der Waals surface area contributed by atoms with E-state index in [1.165, 1.54) is 23.0 Å². The first kappa shape index (κ1) is 17.9. The second-order valence-corrected chi connectivity index (χ2v) is 7.76. The van der Waals surface area contributed by atoms with E-state index < -0.39 is 0 Å². The summed E-state index contributed by atoms with van der Waals surface area (Å²) >= 11 is 0. The largest absolute Gasteiger partial charge is 0.347 e. The molecule has 0 atom stereocenters. The Hall–Kier alpha value is -3.15. The van der Waals surface area contributed by atoms with E-state index in [0.717, 1.165) is 42.8 Å². The maximum absolute atomic E-state index is 13.4. The fourth-order valence-corrected chi connectivity index (χ4v) is 4.31. The Kier molecular flexibility index (Phi) is 4.54. The van der Waals surface area contributed by atoms with Gasteiger partial charge in [-0.05, 0) is 48.6 Å². The molecule has 0 radical (unpaired) electrons. The van der Waals surface area contributed by atoms with Gasteiger partial charge in [-0.15, -0.1) is 0 Å². The van der Waals surface area contributed by atoms with Crippen molar-refractivity contribution in [3.8, 4) is 0 Å². The van der Waals surface area contributed by atoms with Gasteiger partial charge in [0, 0.05) is 43.7 Å². The van der Waals surface area contributed by atoms with Gasteiger partial charge >= 0.3 is 0 Å². The number of fused-ring (bicyclic) bond motifs is 2. The molecule has 1 aliphatic rings. The molecular weight excluding hydrogens is 367 g/mol. The summed E-state index contributed by atoms with van der Waals surface area (Å²) in [7, 11) is 0. The van der Waals surface area contributed by atoms with E-state index in [4.69, 9.17) is 0 Å². The molecular formula is C23H23FN4O. The molecule has 5 nitrogen and oxygen atoms in total. The minimum atomic E-state index is -0.261. The van der Waals surface area contributed by atoms with Gasteiger partial charge in [0.2, 0.25) is 5.91 Å². The first-order chi connectivity index (χ1) is 14.2. The molecule has 2 aromatic carbocycles. The Balaban J connectivity index is 1.19. The highest BCUT2D eigenvalue weighted by atomic mass is 19.1.